The number of likely N-dealkylation sites (N-methyl/N-ethyl adjacent to an activating group) is 1. The van der Waals surface area contributed by atoms with E-state index in [4.69, 9.17) is 16.3 Å². The molecule has 0 saturated carbocycles. The molecular formula is C16H18ClN3O2. The van der Waals surface area contributed by atoms with E-state index in [1.54, 1.807) is 4.68 Å². The molecule has 1 aromatic carbocycles. The monoisotopic (exact) mass is 319 g/mol. The Morgan fingerprint density at radius 2 is 2.09 bits per heavy atom. The number of halogens is 1. The normalized spacial score (nSPS) is 14.7. The standard InChI is InChI=1S/C16H18ClN3O2/c1-19-8-7-14-13(9-19)16(11-3-5-12(17)6-4-11)18-20(14)10-15(21)22-2/h3-6H,7-10H2,1-2H3. The summed E-state index contributed by atoms with van der Waals surface area (Å²) in [5.41, 5.74) is 4.23. The van der Waals surface area contributed by atoms with Gasteiger partial charge in [-0.3, -0.25) is 9.48 Å². The number of fused-ring (bicyclic) bond motifs is 1. The third-order valence-electron chi connectivity index (χ3n) is 3.95. The van der Waals surface area contributed by atoms with Gasteiger partial charge in [-0.1, -0.05) is 23.7 Å². The highest BCUT2D eigenvalue weighted by atomic mass is 35.5. The van der Waals surface area contributed by atoms with Gasteiger partial charge in [0.05, 0.1) is 12.8 Å². The van der Waals surface area contributed by atoms with Crippen molar-refractivity contribution in [2.24, 2.45) is 0 Å². The summed E-state index contributed by atoms with van der Waals surface area (Å²) >= 11 is 5.96. The molecule has 5 nitrogen and oxygen atoms in total. The Balaban J connectivity index is 2.05. The first-order chi connectivity index (χ1) is 10.6. The lowest BCUT2D eigenvalue weighted by atomic mass is 10.0. The minimum Gasteiger partial charge on any atom is -0.468 e. The molecule has 1 aromatic heterocycles. The molecular weight excluding hydrogens is 302 g/mol. The molecule has 0 spiro atoms. The van der Waals surface area contributed by atoms with Crippen LogP contribution in [0, 0.1) is 0 Å². The predicted octanol–water partition coefficient (Wildman–Crippen LogP) is 2.36. The molecule has 0 saturated heterocycles. The molecule has 0 N–H and O–H groups in total. The molecule has 2 heterocycles. The van der Waals surface area contributed by atoms with E-state index in [9.17, 15) is 4.79 Å². The molecule has 0 atom stereocenters. The number of hydrogen-bond acceptors (Lipinski definition) is 4. The van der Waals surface area contributed by atoms with E-state index < -0.39 is 0 Å². The Morgan fingerprint density at radius 1 is 1.36 bits per heavy atom. The van der Waals surface area contributed by atoms with E-state index in [1.165, 1.54) is 12.7 Å². The van der Waals surface area contributed by atoms with E-state index in [0.717, 1.165) is 36.5 Å². The number of rotatable bonds is 3. The number of nitrogens with zero attached hydrogens (tertiary/aromatic N) is 3. The van der Waals surface area contributed by atoms with Crippen LogP contribution in [0.1, 0.15) is 11.3 Å². The van der Waals surface area contributed by atoms with Crippen LogP contribution < -0.4 is 0 Å². The van der Waals surface area contributed by atoms with Crippen molar-refractivity contribution in [3.05, 3.63) is 40.5 Å². The minimum absolute atomic E-state index is 0.149. The van der Waals surface area contributed by atoms with Gasteiger partial charge in [0, 0.05) is 41.4 Å². The van der Waals surface area contributed by atoms with Crippen molar-refractivity contribution in [3.63, 3.8) is 0 Å². The number of carbonyl (C=O) groups is 1. The Hall–Kier alpha value is -1.85. The third-order valence-corrected chi connectivity index (χ3v) is 4.20. The molecule has 22 heavy (non-hydrogen) atoms. The Bertz CT molecular complexity index is 694. The molecule has 1 aliphatic rings. The third kappa shape index (κ3) is 2.87. The van der Waals surface area contributed by atoms with Crippen molar-refractivity contribution in [1.82, 2.24) is 14.7 Å². The summed E-state index contributed by atoms with van der Waals surface area (Å²) in [6.45, 7) is 1.94. The maximum atomic E-state index is 11.6. The van der Waals surface area contributed by atoms with Crippen molar-refractivity contribution in [3.8, 4) is 11.3 Å². The lowest BCUT2D eigenvalue weighted by Gasteiger charge is -2.23. The fourth-order valence-electron chi connectivity index (χ4n) is 2.78. The molecule has 6 heteroatoms. The van der Waals surface area contributed by atoms with Gasteiger partial charge in [-0.25, -0.2) is 0 Å². The summed E-state index contributed by atoms with van der Waals surface area (Å²) < 4.78 is 6.55. The van der Waals surface area contributed by atoms with Gasteiger partial charge in [0.15, 0.2) is 0 Å². The SMILES string of the molecule is COC(=O)Cn1nc(-c2ccc(Cl)cc2)c2c1CCN(C)C2. The number of hydrogen-bond donors (Lipinski definition) is 0. The maximum Gasteiger partial charge on any atom is 0.327 e. The lowest BCUT2D eigenvalue weighted by Crippen LogP contribution is -2.28. The zero-order valence-corrected chi connectivity index (χ0v) is 13.4. The molecule has 0 bridgehead atoms. The first kappa shape index (κ1) is 15.1. The minimum atomic E-state index is -0.285. The highest BCUT2D eigenvalue weighted by Crippen LogP contribution is 2.30. The molecule has 1 aliphatic heterocycles. The van der Waals surface area contributed by atoms with Gasteiger partial charge < -0.3 is 9.64 Å². The second kappa shape index (κ2) is 6.10. The smallest absolute Gasteiger partial charge is 0.327 e. The average molecular weight is 320 g/mol. The molecule has 2 aromatic rings. The fraction of sp³-hybridized carbons (Fsp3) is 0.375. The Morgan fingerprint density at radius 3 is 2.77 bits per heavy atom. The number of esters is 1. The summed E-state index contributed by atoms with van der Waals surface area (Å²) in [4.78, 5) is 13.9. The van der Waals surface area contributed by atoms with E-state index in [0.29, 0.717) is 5.02 Å². The van der Waals surface area contributed by atoms with Crippen LogP contribution in [0.3, 0.4) is 0 Å². The van der Waals surface area contributed by atoms with Gasteiger partial charge in [0.2, 0.25) is 0 Å². The highest BCUT2D eigenvalue weighted by Gasteiger charge is 2.24. The van der Waals surface area contributed by atoms with Crippen molar-refractivity contribution >= 4 is 17.6 Å². The molecule has 0 unspecified atom stereocenters. The molecule has 3 rings (SSSR count). The number of carbonyl (C=O) groups excluding carboxylic acids is 1. The number of aromatic nitrogens is 2. The van der Waals surface area contributed by atoms with E-state index in [-0.39, 0.29) is 12.5 Å². The highest BCUT2D eigenvalue weighted by molar-refractivity contribution is 6.30. The van der Waals surface area contributed by atoms with Gasteiger partial charge in [-0.05, 0) is 19.2 Å². The summed E-state index contributed by atoms with van der Waals surface area (Å²) in [6.07, 6.45) is 0.878. The number of ether oxygens (including phenoxy) is 1. The van der Waals surface area contributed by atoms with Crippen LogP contribution in [0.4, 0.5) is 0 Å². The topological polar surface area (TPSA) is 47.4 Å². The van der Waals surface area contributed by atoms with Gasteiger partial charge >= 0.3 is 5.97 Å². The van der Waals surface area contributed by atoms with E-state index in [2.05, 4.69) is 17.0 Å². The van der Waals surface area contributed by atoms with Gasteiger partial charge in [-0.15, -0.1) is 0 Å². The summed E-state index contributed by atoms with van der Waals surface area (Å²) in [7, 11) is 3.48. The van der Waals surface area contributed by atoms with Crippen LogP contribution in [0.5, 0.6) is 0 Å². The van der Waals surface area contributed by atoms with E-state index >= 15 is 0 Å². The van der Waals surface area contributed by atoms with E-state index in [1.807, 2.05) is 24.3 Å². The lowest BCUT2D eigenvalue weighted by molar-refractivity contribution is -0.141. The zero-order valence-electron chi connectivity index (χ0n) is 12.7. The van der Waals surface area contributed by atoms with Crippen LogP contribution >= 0.6 is 11.6 Å². The van der Waals surface area contributed by atoms with Crippen LogP contribution in [-0.4, -0.2) is 41.4 Å². The fourth-order valence-corrected chi connectivity index (χ4v) is 2.91. The number of methoxy groups -OCH3 is 1. The van der Waals surface area contributed by atoms with Crippen LogP contribution in [0.15, 0.2) is 24.3 Å². The van der Waals surface area contributed by atoms with Gasteiger partial charge in [0.25, 0.3) is 0 Å². The van der Waals surface area contributed by atoms with Crippen molar-refractivity contribution in [2.75, 3.05) is 20.7 Å². The predicted molar refractivity (Wildman–Crippen MR) is 84.7 cm³/mol. The summed E-state index contributed by atoms with van der Waals surface area (Å²) in [5.74, 6) is -0.285. The average Bonchev–Trinajstić information content (AvgIpc) is 2.85. The van der Waals surface area contributed by atoms with Crippen LogP contribution in [0.2, 0.25) is 5.02 Å². The second-order valence-electron chi connectivity index (χ2n) is 5.50. The van der Waals surface area contributed by atoms with Crippen LogP contribution in [-0.2, 0) is 29.0 Å². The summed E-state index contributed by atoms with van der Waals surface area (Å²) in [6, 6.07) is 7.63. The molecule has 0 radical (unpaired) electrons. The number of benzene rings is 1. The quantitative estimate of drug-likeness (QED) is 0.815. The molecule has 0 aliphatic carbocycles. The van der Waals surface area contributed by atoms with Crippen LogP contribution in [0.25, 0.3) is 11.3 Å². The second-order valence-corrected chi connectivity index (χ2v) is 5.94. The van der Waals surface area contributed by atoms with Gasteiger partial charge in [0.1, 0.15) is 6.54 Å². The molecule has 0 fully saturated rings. The van der Waals surface area contributed by atoms with Crippen molar-refractivity contribution in [2.45, 2.75) is 19.5 Å². The first-order valence-electron chi connectivity index (χ1n) is 7.18. The Labute approximate surface area is 134 Å². The van der Waals surface area contributed by atoms with Crippen molar-refractivity contribution in [1.29, 1.82) is 0 Å². The van der Waals surface area contributed by atoms with Crippen molar-refractivity contribution < 1.29 is 9.53 Å². The molecule has 0 amide bonds. The maximum absolute atomic E-state index is 11.6. The first-order valence-corrected chi connectivity index (χ1v) is 7.56. The van der Waals surface area contributed by atoms with Gasteiger partial charge in [-0.2, -0.15) is 5.10 Å². The summed E-state index contributed by atoms with van der Waals surface area (Å²) in [5, 5.41) is 5.36. The zero-order chi connectivity index (χ0) is 15.7. The Kier molecular flexibility index (Phi) is 4.18. The largest absolute Gasteiger partial charge is 0.468 e. The molecule has 116 valence electrons.